The van der Waals surface area contributed by atoms with E-state index in [1.165, 1.54) is 0 Å². The highest BCUT2D eigenvalue weighted by Crippen LogP contribution is 2.20. The molecule has 3 N–H and O–H groups in total. The first-order chi connectivity index (χ1) is 14.6. The highest BCUT2D eigenvalue weighted by Gasteiger charge is 2.14. The van der Waals surface area contributed by atoms with Gasteiger partial charge >= 0.3 is 0 Å². The van der Waals surface area contributed by atoms with Crippen molar-refractivity contribution in [1.29, 1.82) is 0 Å². The number of aromatic nitrogens is 2. The van der Waals surface area contributed by atoms with Gasteiger partial charge in [-0.2, -0.15) is 0 Å². The number of nitrogens with zero attached hydrogens (tertiary/aromatic N) is 1. The van der Waals surface area contributed by atoms with E-state index in [2.05, 4.69) is 20.6 Å². The lowest BCUT2D eigenvalue weighted by molar-refractivity contribution is -0.115. The first-order valence-electron chi connectivity index (χ1n) is 9.73. The van der Waals surface area contributed by atoms with Crippen molar-refractivity contribution in [3.8, 4) is 0 Å². The van der Waals surface area contributed by atoms with Gasteiger partial charge in [0.2, 0.25) is 5.91 Å². The molecule has 0 spiro atoms. The molecule has 0 saturated carbocycles. The van der Waals surface area contributed by atoms with E-state index in [1.54, 1.807) is 18.5 Å². The van der Waals surface area contributed by atoms with Crippen molar-refractivity contribution in [3.05, 3.63) is 95.3 Å². The molecule has 2 aromatic carbocycles. The fourth-order valence-corrected chi connectivity index (χ4v) is 3.35. The number of H-pyrrole nitrogens is 1. The Hall–Kier alpha value is -3.93. The predicted octanol–water partition coefficient (Wildman–Crippen LogP) is 3.98. The van der Waals surface area contributed by atoms with Gasteiger partial charge in [-0.05, 0) is 24.1 Å². The number of aromatic amines is 1. The second kappa shape index (κ2) is 8.61. The summed E-state index contributed by atoms with van der Waals surface area (Å²) >= 11 is 0. The van der Waals surface area contributed by atoms with Gasteiger partial charge in [-0.25, -0.2) is 4.98 Å². The van der Waals surface area contributed by atoms with E-state index >= 15 is 0 Å². The van der Waals surface area contributed by atoms with Crippen molar-refractivity contribution < 1.29 is 9.59 Å². The molecular weight excluding hydrogens is 376 g/mol. The highest BCUT2D eigenvalue weighted by molar-refractivity contribution is 6.07. The summed E-state index contributed by atoms with van der Waals surface area (Å²) < 4.78 is 0. The van der Waals surface area contributed by atoms with Crippen molar-refractivity contribution in [2.75, 3.05) is 5.32 Å². The zero-order chi connectivity index (χ0) is 20.9. The maximum atomic E-state index is 12.7. The molecule has 0 aliphatic carbocycles. The summed E-state index contributed by atoms with van der Waals surface area (Å²) in [7, 11) is 0. The smallest absolute Gasteiger partial charge is 0.253 e. The average molecular weight is 398 g/mol. The minimum atomic E-state index is -0.197. The van der Waals surface area contributed by atoms with Crippen LogP contribution in [0.3, 0.4) is 0 Å². The Balaban J connectivity index is 1.46. The van der Waals surface area contributed by atoms with Gasteiger partial charge in [0.05, 0.1) is 23.9 Å². The molecule has 2 amide bonds. The molecule has 0 bridgehead atoms. The van der Waals surface area contributed by atoms with Crippen molar-refractivity contribution in [2.45, 2.75) is 19.9 Å². The van der Waals surface area contributed by atoms with E-state index in [1.807, 2.05) is 61.5 Å². The van der Waals surface area contributed by atoms with Gasteiger partial charge in [0.25, 0.3) is 5.91 Å². The molecule has 150 valence electrons. The molecule has 0 atom stereocenters. The number of hydrogen-bond acceptors (Lipinski definition) is 3. The number of amides is 2. The maximum Gasteiger partial charge on any atom is 0.253 e. The number of pyridine rings is 1. The van der Waals surface area contributed by atoms with Crippen molar-refractivity contribution in [3.63, 3.8) is 0 Å². The highest BCUT2D eigenvalue weighted by atomic mass is 16.2. The van der Waals surface area contributed by atoms with Crippen LogP contribution >= 0.6 is 0 Å². The first kappa shape index (κ1) is 19.4. The summed E-state index contributed by atoms with van der Waals surface area (Å²) in [4.78, 5) is 32.4. The number of nitrogens with one attached hydrogen (secondary N) is 3. The Morgan fingerprint density at radius 2 is 1.80 bits per heavy atom. The van der Waals surface area contributed by atoms with Crippen LogP contribution in [0.15, 0.2) is 73.1 Å². The number of benzene rings is 2. The second-order valence-electron chi connectivity index (χ2n) is 7.20. The molecule has 0 aliphatic heterocycles. The van der Waals surface area contributed by atoms with Gasteiger partial charge in [-0.1, -0.05) is 60.2 Å². The lowest BCUT2D eigenvalue weighted by Gasteiger charge is -2.07. The van der Waals surface area contributed by atoms with Crippen LogP contribution in [-0.2, 0) is 17.8 Å². The Morgan fingerprint density at radius 1 is 1.00 bits per heavy atom. The van der Waals surface area contributed by atoms with E-state index in [4.69, 9.17) is 0 Å². The largest absolute Gasteiger partial charge is 0.348 e. The molecule has 2 heterocycles. The van der Waals surface area contributed by atoms with Gasteiger partial charge in [0, 0.05) is 18.1 Å². The van der Waals surface area contributed by atoms with Gasteiger partial charge in [0.1, 0.15) is 5.65 Å². The van der Waals surface area contributed by atoms with Crippen LogP contribution in [0.25, 0.3) is 11.0 Å². The SMILES string of the molecule is Cc1cccc(CNC(=O)c2c[nH]c3ncc(NC(=O)Cc4ccccc4)cc23)c1. The van der Waals surface area contributed by atoms with Crippen molar-refractivity contribution in [1.82, 2.24) is 15.3 Å². The zero-order valence-corrected chi connectivity index (χ0v) is 16.6. The number of rotatable bonds is 6. The molecule has 6 nitrogen and oxygen atoms in total. The summed E-state index contributed by atoms with van der Waals surface area (Å²) in [6.07, 6.45) is 3.49. The molecule has 0 fully saturated rings. The van der Waals surface area contributed by atoms with Crippen LogP contribution < -0.4 is 10.6 Å². The third-order valence-electron chi connectivity index (χ3n) is 4.80. The first-order valence-corrected chi connectivity index (χ1v) is 9.73. The molecule has 6 heteroatoms. The fourth-order valence-electron chi connectivity index (χ4n) is 3.35. The molecular formula is C24H22N4O2. The molecule has 30 heavy (non-hydrogen) atoms. The molecule has 0 saturated heterocycles. The molecule has 4 aromatic rings. The van der Waals surface area contributed by atoms with Gasteiger partial charge < -0.3 is 15.6 Å². The second-order valence-corrected chi connectivity index (χ2v) is 7.20. The third-order valence-corrected chi connectivity index (χ3v) is 4.80. The molecule has 0 unspecified atom stereocenters. The van der Waals surface area contributed by atoms with Gasteiger partial charge in [-0.15, -0.1) is 0 Å². The normalized spacial score (nSPS) is 10.7. The summed E-state index contributed by atoms with van der Waals surface area (Å²) in [5, 5.41) is 6.46. The standard InChI is InChI=1S/C24H22N4O2/c1-16-6-5-9-18(10-16)13-27-24(30)21-15-26-23-20(21)12-19(14-25-23)28-22(29)11-17-7-3-2-4-8-17/h2-10,12,14-15H,11,13H2,1H3,(H,25,26)(H,27,30)(H,28,29). The molecule has 0 radical (unpaired) electrons. The summed E-state index contributed by atoms with van der Waals surface area (Å²) in [5.41, 5.74) is 4.75. The minimum absolute atomic E-state index is 0.136. The fraction of sp³-hybridized carbons (Fsp3) is 0.125. The van der Waals surface area contributed by atoms with Crippen LogP contribution in [0.5, 0.6) is 0 Å². The number of carbonyl (C=O) groups excluding carboxylic acids is 2. The predicted molar refractivity (Wildman–Crippen MR) is 117 cm³/mol. The summed E-state index contributed by atoms with van der Waals surface area (Å²) in [6.45, 7) is 2.46. The topological polar surface area (TPSA) is 86.9 Å². The lowest BCUT2D eigenvalue weighted by Crippen LogP contribution is -2.22. The minimum Gasteiger partial charge on any atom is -0.348 e. The van der Waals surface area contributed by atoms with Gasteiger partial charge in [-0.3, -0.25) is 9.59 Å². The van der Waals surface area contributed by atoms with Crippen molar-refractivity contribution >= 4 is 28.5 Å². The van der Waals surface area contributed by atoms with Crippen LogP contribution in [0, 0.1) is 6.92 Å². The Bertz CT molecular complexity index is 1200. The van der Waals surface area contributed by atoms with Crippen LogP contribution in [0.4, 0.5) is 5.69 Å². The van der Waals surface area contributed by atoms with Crippen molar-refractivity contribution in [2.24, 2.45) is 0 Å². The van der Waals surface area contributed by atoms with E-state index < -0.39 is 0 Å². The van der Waals surface area contributed by atoms with Crippen LogP contribution in [0.1, 0.15) is 27.0 Å². The van der Waals surface area contributed by atoms with Gasteiger partial charge in [0.15, 0.2) is 0 Å². The van der Waals surface area contributed by atoms with Crippen LogP contribution in [-0.4, -0.2) is 21.8 Å². The average Bonchev–Trinajstić information content (AvgIpc) is 3.16. The number of hydrogen-bond donors (Lipinski definition) is 3. The van der Waals surface area contributed by atoms with E-state index in [9.17, 15) is 9.59 Å². The molecule has 0 aliphatic rings. The quantitative estimate of drug-likeness (QED) is 0.459. The number of fused-ring (bicyclic) bond motifs is 1. The number of carbonyl (C=O) groups is 2. The number of anilines is 1. The van der Waals surface area contributed by atoms with E-state index in [0.717, 1.165) is 16.7 Å². The maximum absolute atomic E-state index is 12.7. The molecule has 4 rings (SSSR count). The van der Waals surface area contributed by atoms with E-state index in [-0.39, 0.29) is 18.2 Å². The Morgan fingerprint density at radius 3 is 2.60 bits per heavy atom. The summed E-state index contributed by atoms with van der Waals surface area (Å²) in [5.74, 6) is -0.333. The number of aryl methyl sites for hydroxylation is 1. The Kier molecular flexibility index (Phi) is 5.57. The van der Waals surface area contributed by atoms with Crippen LogP contribution in [0.2, 0.25) is 0 Å². The lowest BCUT2D eigenvalue weighted by atomic mass is 10.1. The monoisotopic (exact) mass is 398 g/mol. The van der Waals surface area contributed by atoms with E-state index in [0.29, 0.717) is 28.8 Å². The molecule has 2 aromatic heterocycles. The Labute approximate surface area is 174 Å². The zero-order valence-electron chi connectivity index (χ0n) is 16.6. The summed E-state index contributed by atoms with van der Waals surface area (Å²) in [6, 6.07) is 19.3. The third kappa shape index (κ3) is 4.55.